The van der Waals surface area contributed by atoms with Gasteiger partial charge in [0.2, 0.25) is 5.91 Å². The summed E-state index contributed by atoms with van der Waals surface area (Å²) in [6, 6.07) is 6.84. The lowest BCUT2D eigenvalue weighted by molar-refractivity contribution is -0.117. The number of aryl methyl sites for hydroxylation is 1. The van der Waals surface area contributed by atoms with Crippen molar-refractivity contribution in [3.05, 3.63) is 53.7 Å². The van der Waals surface area contributed by atoms with Crippen LogP contribution in [0.25, 0.3) is 0 Å². The number of likely N-dealkylation sites (N-methyl/N-ethyl adjacent to an activating group) is 1. The first-order valence-electron chi connectivity index (χ1n) is 11.4. The van der Waals surface area contributed by atoms with Gasteiger partial charge in [0.1, 0.15) is 17.6 Å². The summed E-state index contributed by atoms with van der Waals surface area (Å²) < 4.78 is 20.1. The number of ether oxygens (including phenoxy) is 1. The number of alkyl halides is 1. The number of rotatable bonds is 12. The predicted octanol–water partition coefficient (Wildman–Crippen LogP) is 0.977. The van der Waals surface area contributed by atoms with Crippen LogP contribution in [0.1, 0.15) is 37.1 Å². The number of halogens is 1. The molecule has 0 saturated heterocycles. The predicted molar refractivity (Wildman–Crippen MR) is 127 cm³/mol. The van der Waals surface area contributed by atoms with Gasteiger partial charge in [0.25, 0.3) is 5.91 Å². The molecule has 1 fully saturated rings. The van der Waals surface area contributed by atoms with E-state index < -0.39 is 12.1 Å². The van der Waals surface area contributed by atoms with Crippen LogP contribution in [0.4, 0.5) is 10.2 Å². The van der Waals surface area contributed by atoms with Crippen LogP contribution in [0.2, 0.25) is 0 Å². The largest absolute Gasteiger partial charge is 0.490 e. The Balaban J connectivity index is 1.42. The monoisotopic (exact) mass is 486 g/mol. The van der Waals surface area contributed by atoms with Gasteiger partial charge in [-0.05, 0) is 50.3 Å². The summed E-state index contributed by atoms with van der Waals surface area (Å²) in [6.45, 7) is -0.139. The van der Waals surface area contributed by atoms with E-state index >= 15 is 0 Å². The maximum absolute atomic E-state index is 14.2. The molecule has 2 aromatic heterocycles. The number of aromatic nitrogens is 3. The van der Waals surface area contributed by atoms with E-state index in [1.54, 1.807) is 30.5 Å². The summed E-state index contributed by atoms with van der Waals surface area (Å²) in [5.41, 5.74) is 6.59. The first-order chi connectivity index (χ1) is 16.8. The van der Waals surface area contributed by atoms with E-state index in [2.05, 4.69) is 25.8 Å². The van der Waals surface area contributed by atoms with Crippen molar-refractivity contribution in [1.29, 1.82) is 0 Å². The molecule has 188 valence electrons. The quantitative estimate of drug-likeness (QED) is 0.195. The van der Waals surface area contributed by atoms with Crippen molar-refractivity contribution in [2.75, 3.05) is 18.9 Å². The summed E-state index contributed by atoms with van der Waals surface area (Å²) in [7, 11) is 1.43. The molecule has 2 aromatic rings. The topological polar surface area (TPSA) is 161 Å². The smallest absolute Gasteiger partial charge is 0.268 e. The van der Waals surface area contributed by atoms with Crippen LogP contribution in [0.3, 0.4) is 0 Å². The zero-order valence-corrected chi connectivity index (χ0v) is 19.6. The maximum atomic E-state index is 14.2. The molecular weight excluding hydrogens is 455 g/mol. The van der Waals surface area contributed by atoms with E-state index in [1.807, 2.05) is 0 Å². The Morgan fingerprint density at radius 3 is 2.74 bits per heavy atom. The molecule has 0 aliphatic heterocycles. The number of carbonyl (C=O) groups is 2. The Labute approximate surface area is 203 Å². The van der Waals surface area contributed by atoms with Gasteiger partial charge in [-0.1, -0.05) is 0 Å². The maximum Gasteiger partial charge on any atom is 0.268 e. The Morgan fingerprint density at radius 1 is 1.29 bits per heavy atom. The summed E-state index contributed by atoms with van der Waals surface area (Å²) >= 11 is 0. The van der Waals surface area contributed by atoms with Gasteiger partial charge >= 0.3 is 0 Å². The molecule has 2 heterocycles. The molecular formula is C23H31FN8O3. The fourth-order valence-electron chi connectivity index (χ4n) is 3.28. The highest BCUT2D eigenvalue weighted by Crippen LogP contribution is 2.25. The van der Waals surface area contributed by atoms with E-state index in [1.165, 1.54) is 19.7 Å². The lowest BCUT2D eigenvalue weighted by atomic mass is 9.96. The lowest BCUT2D eigenvalue weighted by Crippen LogP contribution is -2.35. The molecule has 2 amide bonds. The van der Waals surface area contributed by atoms with Gasteiger partial charge in [0, 0.05) is 25.5 Å². The van der Waals surface area contributed by atoms with Crippen molar-refractivity contribution in [1.82, 2.24) is 25.5 Å². The average molecular weight is 487 g/mol. The van der Waals surface area contributed by atoms with Gasteiger partial charge in [-0.15, -0.1) is 5.10 Å². The standard InChI is InChI=1S/C23H31FN8O3/c1-27-23(34)20(25)14-32(26)13-15(24)5-6-16-7-8-21(31-30-16)29-22(33)12-17-11-19(9-10-28-17)35-18-3-2-4-18/h7-11,14-15,18H,2-6,12-13,25-26H2,1H3,(H,27,34)(H,29,31,33)/b20-14-. The minimum atomic E-state index is -1.27. The molecule has 0 spiro atoms. The minimum Gasteiger partial charge on any atom is -0.490 e. The van der Waals surface area contributed by atoms with Crippen molar-refractivity contribution < 1.29 is 18.7 Å². The lowest BCUT2D eigenvalue weighted by Gasteiger charge is -2.26. The summed E-state index contributed by atoms with van der Waals surface area (Å²) in [5, 5.41) is 14.1. The highest BCUT2D eigenvalue weighted by Gasteiger charge is 2.19. The van der Waals surface area contributed by atoms with E-state index in [0.29, 0.717) is 29.4 Å². The van der Waals surface area contributed by atoms with Crippen LogP contribution in [0, 0.1) is 0 Å². The SMILES string of the molecule is CNC(=O)/C(N)=C/N(N)CC(F)CCc1ccc(NC(=O)Cc2cc(OC3CCC3)ccn2)nn1. The third-order valence-corrected chi connectivity index (χ3v) is 5.39. The molecule has 1 saturated carbocycles. The Bertz CT molecular complexity index is 1030. The molecule has 3 rings (SSSR count). The molecule has 0 radical (unpaired) electrons. The fraction of sp³-hybridized carbons (Fsp3) is 0.435. The number of nitrogens with zero attached hydrogens (tertiary/aromatic N) is 4. The van der Waals surface area contributed by atoms with Crippen molar-refractivity contribution >= 4 is 17.6 Å². The van der Waals surface area contributed by atoms with Crippen LogP contribution in [-0.2, 0) is 22.4 Å². The van der Waals surface area contributed by atoms with Crippen LogP contribution in [-0.4, -0.2) is 57.9 Å². The van der Waals surface area contributed by atoms with E-state index in [0.717, 1.165) is 17.9 Å². The third kappa shape index (κ3) is 8.49. The number of hydrogen-bond acceptors (Lipinski definition) is 9. The highest BCUT2D eigenvalue weighted by molar-refractivity contribution is 5.92. The molecule has 0 aromatic carbocycles. The molecule has 1 aliphatic rings. The Morgan fingerprint density at radius 2 is 2.09 bits per heavy atom. The Hall–Kier alpha value is -3.80. The molecule has 6 N–H and O–H groups in total. The van der Waals surface area contributed by atoms with Crippen molar-refractivity contribution in [3.63, 3.8) is 0 Å². The zero-order chi connectivity index (χ0) is 25.2. The van der Waals surface area contributed by atoms with Gasteiger partial charge in [0.05, 0.1) is 30.5 Å². The number of pyridine rings is 1. The number of amides is 2. The first kappa shape index (κ1) is 25.8. The number of carbonyl (C=O) groups excluding carboxylic acids is 2. The van der Waals surface area contributed by atoms with Crippen LogP contribution >= 0.6 is 0 Å². The van der Waals surface area contributed by atoms with Crippen LogP contribution < -0.4 is 26.9 Å². The number of nitrogens with one attached hydrogen (secondary N) is 2. The number of anilines is 1. The van der Waals surface area contributed by atoms with Gasteiger partial charge in [-0.3, -0.25) is 14.6 Å². The van der Waals surface area contributed by atoms with Gasteiger partial charge in [-0.25, -0.2) is 10.2 Å². The number of nitrogens with two attached hydrogens (primary N) is 2. The minimum absolute atomic E-state index is 0.0727. The molecule has 35 heavy (non-hydrogen) atoms. The van der Waals surface area contributed by atoms with Crippen LogP contribution in [0.5, 0.6) is 5.75 Å². The molecule has 0 bridgehead atoms. The third-order valence-electron chi connectivity index (χ3n) is 5.39. The summed E-state index contributed by atoms with van der Waals surface area (Å²) in [4.78, 5) is 27.9. The molecule has 1 atom stereocenters. The Kier molecular flexibility index (Phi) is 9.30. The van der Waals surface area contributed by atoms with Crippen molar-refractivity contribution in [3.8, 4) is 5.75 Å². The second-order valence-corrected chi connectivity index (χ2v) is 8.28. The first-order valence-corrected chi connectivity index (χ1v) is 11.4. The van der Waals surface area contributed by atoms with Crippen molar-refractivity contribution in [2.45, 2.75) is 50.8 Å². The number of hydrazine groups is 1. The summed E-state index contributed by atoms with van der Waals surface area (Å²) in [5.74, 6) is 5.90. The average Bonchev–Trinajstić information content (AvgIpc) is 2.80. The zero-order valence-electron chi connectivity index (χ0n) is 19.6. The molecule has 12 heteroatoms. The van der Waals surface area contributed by atoms with E-state index in [4.69, 9.17) is 16.3 Å². The fourth-order valence-corrected chi connectivity index (χ4v) is 3.28. The van der Waals surface area contributed by atoms with Gasteiger partial charge in [-0.2, -0.15) is 5.10 Å². The van der Waals surface area contributed by atoms with Crippen LogP contribution in [0.15, 0.2) is 42.4 Å². The molecule has 11 nitrogen and oxygen atoms in total. The highest BCUT2D eigenvalue weighted by atomic mass is 19.1. The van der Waals surface area contributed by atoms with Crippen molar-refractivity contribution in [2.24, 2.45) is 11.6 Å². The van der Waals surface area contributed by atoms with E-state index in [-0.39, 0.29) is 37.1 Å². The molecule has 1 unspecified atom stereocenters. The van der Waals surface area contributed by atoms with Gasteiger partial charge in [0.15, 0.2) is 5.82 Å². The normalized spacial score (nSPS) is 14.5. The second kappa shape index (κ2) is 12.6. The van der Waals surface area contributed by atoms with E-state index in [9.17, 15) is 14.0 Å². The molecule has 1 aliphatic carbocycles. The summed E-state index contributed by atoms with van der Waals surface area (Å²) in [6.07, 6.45) is 5.60. The second-order valence-electron chi connectivity index (χ2n) is 8.28. The van der Waals surface area contributed by atoms with Gasteiger partial charge < -0.3 is 26.1 Å². The number of hydrogen-bond donors (Lipinski definition) is 4.